The van der Waals surface area contributed by atoms with E-state index in [1.807, 2.05) is 72.5 Å². The lowest BCUT2D eigenvalue weighted by Crippen LogP contribution is -2.54. The molecule has 6 nitrogen and oxygen atoms in total. The van der Waals surface area contributed by atoms with Crippen molar-refractivity contribution in [2.24, 2.45) is 0 Å². The van der Waals surface area contributed by atoms with Gasteiger partial charge in [-0.05, 0) is 37.6 Å². The molecule has 1 aliphatic rings. The van der Waals surface area contributed by atoms with Gasteiger partial charge in [0.1, 0.15) is 17.9 Å². The number of carbonyl (C=O) groups is 1. The molecule has 0 saturated carbocycles. The van der Waals surface area contributed by atoms with Crippen molar-refractivity contribution < 1.29 is 9.53 Å². The van der Waals surface area contributed by atoms with Crippen LogP contribution < -0.4 is 9.64 Å². The van der Waals surface area contributed by atoms with Crippen LogP contribution in [0.3, 0.4) is 0 Å². The highest BCUT2D eigenvalue weighted by Gasteiger charge is 2.28. The smallest absolute Gasteiger partial charge is 0.254 e. The average Bonchev–Trinajstić information content (AvgIpc) is 2.76. The maximum Gasteiger partial charge on any atom is 0.254 e. The Morgan fingerprint density at radius 2 is 1.79 bits per heavy atom. The molecular weight excluding hydrogens is 364 g/mol. The van der Waals surface area contributed by atoms with Gasteiger partial charge in [-0.3, -0.25) is 4.79 Å². The summed E-state index contributed by atoms with van der Waals surface area (Å²) in [5.41, 5.74) is 1.78. The summed E-state index contributed by atoms with van der Waals surface area (Å²) >= 11 is 0. The second kappa shape index (κ2) is 8.31. The molecule has 1 aromatic heterocycles. The van der Waals surface area contributed by atoms with Gasteiger partial charge in [-0.2, -0.15) is 0 Å². The van der Waals surface area contributed by atoms with Crippen molar-refractivity contribution in [3.63, 3.8) is 0 Å². The minimum atomic E-state index is 0.0732. The van der Waals surface area contributed by atoms with E-state index >= 15 is 0 Å². The SMILES string of the molecule is Cc1ccccc1Oc1cc(N2CCN(C(=O)c3ccccc3)C(C)C2)ncn1. The molecule has 1 fully saturated rings. The number of hydrogen-bond donors (Lipinski definition) is 0. The fraction of sp³-hybridized carbons (Fsp3) is 0.261. The molecule has 1 unspecified atom stereocenters. The van der Waals surface area contributed by atoms with Crippen molar-refractivity contribution in [3.05, 3.63) is 78.1 Å². The van der Waals surface area contributed by atoms with Gasteiger partial charge >= 0.3 is 0 Å². The van der Waals surface area contributed by atoms with E-state index in [0.717, 1.165) is 22.7 Å². The number of rotatable bonds is 4. The summed E-state index contributed by atoms with van der Waals surface area (Å²) < 4.78 is 5.94. The Kier molecular flexibility index (Phi) is 5.42. The van der Waals surface area contributed by atoms with Crippen LogP contribution in [0.4, 0.5) is 5.82 Å². The Morgan fingerprint density at radius 3 is 2.55 bits per heavy atom. The Hall–Kier alpha value is -3.41. The van der Waals surface area contributed by atoms with Gasteiger partial charge in [0.2, 0.25) is 5.88 Å². The number of anilines is 1. The molecule has 0 bridgehead atoms. The normalized spacial score (nSPS) is 16.6. The number of nitrogens with zero attached hydrogens (tertiary/aromatic N) is 4. The summed E-state index contributed by atoms with van der Waals surface area (Å²) in [6.07, 6.45) is 1.52. The highest BCUT2D eigenvalue weighted by atomic mass is 16.5. The Bertz CT molecular complexity index is 993. The summed E-state index contributed by atoms with van der Waals surface area (Å²) in [6, 6.07) is 19.2. The summed E-state index contributed by atoms with van der Waals surface area (Å²) in [6.45, 7) is 6.14. The molecule has 2 aromatic carbocycles. The van der Waals surface area contributed by atoms with Crippen LogP contribution in [-0.4, -0.2) is 46.5 Å². The highest BCUT2D eigenvalue weighted by molar-refractivity contribution is 5.94. The lowest BCUT2D eigenvalue weighted by molar-refractivity contribution is 0.0673. The van der Waals surface area contributed by atoms with Crippen molar-refractivity contribution in [3.8, 4) is 11.6 Å². The van der Waals surface area contributed by atoms with E-state index in [1.54, 1.807) is 0 Å². The molecule has 1 aliphatic heterocycles. The van der Waals surface area contributed by atoms with E-state index in [2.05, 4.69) is 21.8 Å². The average molecular weight is 388 g/mol. The standard InChI is InChI=1S/C23H24N4O2/c1-17-8-6-7-11-20(17)29-22-14-21(24-16-25-22)26-12-13-27(18(2)15-26)23(28)19-9-4-3-5-10-19/h3-11,14,16,18H,12-13,15H2,1-2H3. The first-order chi connectivity index (χ1) is 14.1. The van der Waals surface area contributed by atoms with Crippen molar-refractivity contribution in [1.82, 2.24) is 14.9 Å². The maximum absolute atomic E-state index is 12.8. The van der Waals surface area contributed by atoms with E-state index in [4.69, 9.17) is 4.74 Å². The maximum atomic E-state index is 12.8. The van der Waals surface area contributed by atoms with Crippen LogP contribution in [0.2, 0.25) is 0 Å². The van der Waals surface area contributed by atoms with Crippen LogP contribution in [0.15, 0.2) is 67.0 Å². The molecule has 0 N–H and O–H groups in total. The zero-order valence-electron chi connectivity index (χ0n) is 16.7. The summed E-state index contributed by atoms with van der Waals surface area (Å²) in [7, 11) is 0. The first-order valence-corrected chi connectivity index (χ1v) is 9.78. The van der Waals surface area contributed by atoms with E-state index in [0.29, 0.717) is 25.5 Å². The molecule has 4 rings (SSSR count). The molecular formula is C23H24N4O2. The molecule has 2 heterocycles. The third kappa shape index (κ3) is 4.21. The molecule has 6 heteroatoms. The summed E-state index contributed by atoms with van der Waals surface area (Å²) in [4.78, 5) is 25.6. The number of ether oxygens (including phenoxy) is 1. The number of benzene rings is 2. The molecule has 0 aliphatic carbocycles. The van der Waals surface area contributed by atoms with Crippen LogP contribution in [-0.2, 0) is 0 Å². The molecule has 0 spiro atoms. The first-order valence-electron chi connectivity index (χ1n) is 9.78. The monoisotopic (exact) mass is 388 g/mol. The predicted molar refractivity (Wildman–Crippen MR) is 112 cm³/mol. The van der Waals surface area contributed by atoms with Crippen LogP contribution >= 0.6 is 0 Å². The largest absolute Gasteiger partial charge is 0.439 e. The lowest BCUT2D eigenvalue weighted by Gasteiger charge is -2.40. The quantitative estimate of drug-likeness (QED) is 0.678. The van der Waals surface area contributed by atoms with Gasteiger partial charge < -0.3 is 14.5 Å². The van der Waals surface area contributed by atoms with Crippen LogP contribution in [0.5, 0.6) is 11.6 Å². The van der Waals surface area contributed by atoms with Gasteiger partial charge in [-0.1, -0.05) is 36.4 Å². The Labute approximate surface area is 170 Å². The van der Waals surface area contributed by atoms with Crippen LogP contribution in [0.1, 0.15) is 22.8 Å². The molecule has 0 radical (unpaired) electrons. The fourth-order valence-electron chi connectivity index (χ4n) is 3.56. The molecule has 148 valence electrons. The van der Waals surface area contributed by atoms with E-state index in [9.17, 15) is 4.79 Å². The molecule has 1 amide bonds. The molecule has 29 heavy (non-hydrogen) atoms. The van der Waals surface area contributed by atoms with E-state index in [1.165, 1.54) is 6.33 Å². The number of aromatic nitrogens is 2. The summed E-state index contributed by atoms with van der Waals surface area (Å²) in [5, 5.41) is 0. The van der Waals surface area contributed by atoms with E-state index in [-0.39, 0.29) is 11.9 Å². The van der Waals surface area contributed by atoms with Crippen LogP contribution in [0, 0.1) is 6.92 Å². The lowest BCUT2D eigenvalue weighted by atomic mass is 10.1. The first kappa shape index (κ1) is 18.9. The van der Waals surface area contributed by atoms with Crippen LogP contribution in [0.25, 0.3) is 0 Å². The van der Waals surface area contributed by atoms with Crippen molar-refractivity contribution in [2.75, 3.05) is 24.5 Å². The second-order valence-corrected chi connectivity index (χ2v) is 7.24. The van der Waals surface area contributed by atoms with Gasteiger partial charge in [0, 0.05) is 37.3 Å². The highest BCUT2D eigenvalue weighted by Crippen LogP contribution is 2.26. The van der Waals surface area contributed by atoms with Gasteiger partial charge in [-0.25, -0.2) is 9.97 Å². The zero-order valence-corrected chi connectivity index (χ0v) is 16.7. The van der Waals surface area contributed by atoms with Crippen molar-refractivity contribution in [1.29, 1.82) is 0 Å². The minimum absolute atomic E-state index is 0.0732. The van der Waals surface area contributed by atoms with Gasteiger partial charge in [0.25, 0.3) is 5.91 Å². The minimum Gasteiger partial charge on any atom is -0.439 e. The number of amides is 1. The Morgan fingerprint density at radius 1 is 1.03 bits per heavy atom. The number of piperazine rings is 1. The molecule has 1 atom stereocenters. The fourth-order valence-corrected chi connectivity index (χ4v) is 3.56. The number of para-hydroxylation sites is 1. The predicted octanol–water partition coefficient (Wildman–Crippen LogP) is 3.93. The number of aryl methyl sites for hydroxylation is 1. The third-order valence-corrected chi connectivity index (χ3v) is 5.17. The topological polar surface area (TPSA) is 58.6 Å². The summed E-state index contributed by atoms with van der Waals surface area (Å²) in [5.74, 6) is 2.18. The zero-order chi connectivity index (χ0) is 20.2. The van der Waals surface area contributed by atoms with Gasteiger partial charge in [-0.15, -0.1) is 0 Å². The van der Waals surface area contributed by atoms with E-state index < -0.39 is 0 Å². The van der Waals surface area contributed by atoms with Gasteiger partial charge in [0.05, 0.1) is 0 Å². The van der Waals surface area contributed by atoms with Crippen molar-refractivity contribution >= 4 is 11.7 Å². The molecule has 3 aromatic rings. The van der Waals surface area contributed by atoms with Crippen molar-refractivity contribution in [2.45, 2.75) is 19.9 Å². The van der Waals surface area contributed by atoms with Gasteiger partial charge in [0.15, 0.2) is 0 Å². The Balaban J connectivity index is 1.45. The number of carbonyl (C=O) groups excluding carboxylic acids is 1. The molecule has 1 saturated heterocycles. The number of hydrogen-bond acceptors (Lipinski definition) is 5. The second-order valence-electron chi connectivity index (χ2n) is 7.24. The third-order valence-electron chi connectivity index (χ3n) is 5.17.